The summed E-state index contributed by atoms with van der Waals surface area (Å²) in [6.07, 6.45) is 4.81. The molecule has 2 aliphatic rings. The van der Waals surface area contributed by atoms with Crippen LogP contribution in [0.3, 0.4) is 0 Å². The number of oxazole rings is 1. The van der Waals surface area contributed by atoms with Gasteiger partial charge in [0.2, 0.25) is 5.89 Å². The van der Waals surface area contributed by atoms with Gasteiger partial charge in [0.05, 0.1) is 4.88 Å². The molecule has 0 saturated heterocycles. The van der Waals surface area contributed by atoms with Gasteiger partial charge >= 0.3 is 5.97 Å². The fourth-order valence-corrected chi connectivity index (χ4v) is 4.26. The number of aryl methyl sites for hydroxylation is 1. The van der Waals surface area contributed by atoms with Crippen LogP contribution in [-0.2, 0) is 4.74 Å². The minimum absolute atomic E-state index is 0.0811. The van der Waals surface area contributed by atoms with E-state index in [-0.39, 0.29) is 12.1 Å². The number of carbonyl (C=O) groups is 1. The van der Waals surface area contributed by atoms with Crippen LogP contribution < -0.4 is 0 Å². The number of nitrogens with zero attached hydrogens (tertiary/aromatic N) is 1. The van der Waals surface area contributed by atoms with Gasteiger partial charge in [-0.2, -0.15) is 0 Å². The second-order valence-corrected chi connectivity index (χ2v) is 6.97. The zero-order chi connectivity index (χ0) is 14.4. The largest absolute Gasteiger partial charge is 0.457 e. The van der Waals surface area contributed by atoms with Crippen molar-refractivity contribution in [2.45, 2.75) is 38.7 Å². The van der Waals surface area contributed by atoms with E-state index in [9.17, 15) is 4.79 Å². The van der Waals surface area contributed by atoms with Gasteiger partial charge < -0.3 is 9.15 Å². The molecule has 4 nitrogen and oxygen atoms in total. The van der Waals surface area contributed by atoms with Gasteiger partial charge in [-0.1, -0.05) is 6.07 Å². The molecule has 21 heavy (non-hydrogen) atoms. The van der Waals surface area contributed by atoms with Gasteiger partial charge in [-0.05, 0) is 55.9 Å². The number of esters is 1. The summed E-state index contributed by atoms with van der Waals surface area (Å²) in [7, 11) is 0. The molecule has 0 aromatic carbocycles. The van der Waals surface area contributed by atoms with Crippen LogP contribution in [0.25, 0.3) is 10.8 Å². The topological polar surface area (TPSA) is 52.3 Å². The molecule has 0 spiro atoms. The molecule has 2 bridgehead atoms. The van der Waals surface area contributed by atoms with E-state index in [1.807, 2.05) is 17.5 Å². The summed E-state index contributed by atoms with van der Waals surface area (Å²) < 4.78 is 11.3. The smallest absolute Gasteiger partial charge is 0.360 e. The molecule has 2 fully saturated rings. The van der Waals surface area contributed by atoms with Gasteiger partial charge in [0.1, 0.15) is 11.9 Å². The van der Waals surface area contributed by atoms with Crippen LogP contribution in [0.4, 0.5) is 0 Å². The maximum Gasteiger partial charge on any atom is 0.360 e. The normalized spacial score (nSPS) is 27.2. The molecule has 2 heterocycles. The van der Waals surface area contributed by atoms with Crippen LogP contribution in [0, 0.1) is 18.8 Å². The van der Waals surface area contributed by atoms with Crippen molar-refractivity contribution >= 4 is 17.3 Å². The third-order valence-electron chi connectivity index (χ3n) is 4.65. The van der Waals surface area contributed by atoms with E-state index < -0.39 is 0 Å². The lowest BCUT2D eigenvalue weighted by Gasteiger charge is -2.21. The summed E-state index contributed by atoms with van der Waals surface area (Å²) in [5, 5.41) is 1.96. The Morgan fingerprint density at radius 1 is 1.43 bits per heavy atom. The zero-order valence-electron chi connectivity index (χ0n) is 11.9. The average molecular weight is 303 g/mol. The summed E-state index contributed by atoms with van der Waals surface area (Å²) in [5.74, 6) is 2.02. The van der Waals surface area contributed by atoms with Gasteiger partial charge in [-0.25, -0.2) is 9.78 Å². The van der Waals surface area contributed by atoms with E-state index in [0.29, 0.717) is 23.3 Å². The third kappa shape index (κ3) is 2.29. The average Bonchev–Trinajstić information content (AvgIpc) is 3.22. The van der Waals surface area contributed by atoms with Crippen LogP contribution in [0.2, 0.25) is 0 Å². The van der Waals surface area contributed by atoms with E-state index in [0.717, 1.165) is 17.2 Å². The van der Waals surface area contributed by atoms with Crippen molar-refractivity contribution in [2.24, 2.45) is 11.8 Å². The molecule has 4 rings (SSSR count). The molecule has 0 N–H and O–H groups in total. The number of rotatable bonds is 3. The van der Waals surface area contributed by atoms with Crippen LogP contribution in [-0.4, -0.2) is 17.1 Å². The van der Waals surface area contributed by atoms with Crippen molar-refractivity contribution in [1.29, 1.82) is 0 Å². The maximum atomic E-state index is 12.3. The molecule has 2 saturated carbocycles. The number of carbonyl (C=O) groups excluding carboxylic acids is 1. The van der Waals surface area contributed by atoms with E-state index >= 15 is 0 Å². The first-order chi connectivity index (χ1) is 10.2. The molecule has 5 heteroatoms. The van der Waals surface area contributed by atoms with Crippen molar-refractivity contribution in [3.8, 4) is 10.8 Å². The predicted molar refractivity (Wildman–Crippen MR) is 79.2 cm³/mol. The minimum atomic E-state index is -0.336. The Hall–Kier alpha value is -1.62. The summed E-state index contributed by atoms with van der Waals surface area (Å²) in [6.45, 7) is 1.77. The Kier molecular flexibility index (Phi) is 3.10. The molecule has 2 aromatic rings. The molecular formula is C16H17NO3S. The van der Waals surface area contributed by atoms with Gasteiger partial charge in [0.25, 0.3) is 0 Å². The van der Waals surface area contributed by atoms with Crippen molar-refractivity contribution in [1.82, 2.24) is 4.98 Å². The molecule has 110 valence electrons. The predicted octanol–water partition coefficient (Wildman–Crippen LogP) is 4.06. The highest BCUT2D eigenvalue weighted by Gasteiger charge is 2.42. The van der Waals surface area contributed by atoms with Gasteiger partial charge in [-0.15, -0.1) is 11.3 Å². The molecule has 0 radical (unpaired) electrons. The molecule has 0 amide bonds. The van der Waals surface area contributed by atoms with E-state index in [2.05, 4.69) is 4.98 Å². The Balaban J connectivity index is 1.52. The Morgan fingerprint density at radius 3 is 3.00 bits per heavy atom. The highest BCUT2D eigenvalue weighted by atomic mass is 32.1. The van der Waals surface area contributed by atoms with Crippen LogP contribution in [0.5, 0.6) is 0 Å². The van der Waals surface area contributed by atoms with E-state index in [1.54, 1.807) is 18.3 Å². The lowest BCUT2D eigenvalue weighted by Crippen LogP contribution is -2.24. The molecule has 0 aliphatic heterocycles. The third-order valence-corrected chi connectivity index (χ3v) is 5.51. The van der Waals surface area contributed by atoms with E-state index in [1.165, 1.54) is 19.3 Å². The number of aromatic nitrogens is 1. The fraction of sp³-hybridized carbons (Fsp3) is 0.500. The number of hydrogen-bond donors (Lipinski definition) is 0. The molecule has 0 unspecified atom stereocenters. The van der Waals surface area contributed by atoms with Crippen molar-refractivity contribution in [3.05, 3.63) is 29.0 Å². The summed E-state index contributed by atoms with van der Waals surface area (Å²) in [6, 6.07) is 3.87. The molecule has 2 aromatic heterocycles. The lowest BCUT2D eigenvalue weighted by atomic mass is 9.98. The quantitative estimate of drug-likeness (QED) is 0.802. The Morgan fingerprint density at radius 2 is 2.33 bits per heavy atom. The zero-order valence-corrected chi connectivity index (χ0v) is 12.7. The maximum absolute atomic E-state index is 12.3. The second-order valence-electron chi connectivity index (χ2n) is 6.02. The lowest BCUT2D eigenvalue weighted by molar-refractivity contribution is 0.0151. The summed E-state index contributed by atoms with van der Waals surface area (Å²) in [4.78, 5) is 17.6. The van der Waals surface area contributed by atoms with Crippen LogP contribution >= 0.6 is 11.3 Å². The van der Waals surface area contributed by atoms with Crippen LogP contribution in [0.15, 0.2) is 21.9 Å². The van der Waals surface area contributed by atoms with Crippen molar-refractivity contribution in [2.75, 3.05) is 0 Å². The first-order valence-corrected chi connectivity index (χ1v) is 8.31. The summed E-state index contributed by atoms with van der Waals surface area (Å²) >= 11 is 1.54. The van der Waals surface area contributed by atoms with Crippen molar-refractivity contribution < 1.29 is 13.9 Å². The highest BCUT2D eigenvalue weighted by molar-refractivity contribution is 7.13. The molecular weight excluding hydrogens is 286 g/mol. The van der Waals surface area contributed by atoms with Gasteiger partial charge in [0.15, 0.2) is 5.69 Å². The first kappa shape index (κ1) is 13.1. The van der Waals surface area contributed by atoms with Crippen LogP contribution in [0.1, 0.15) is 41.9 Å². The number of fused-ring (bicyclic) bond motifs is 2. The Bertz CT molecular complexity index is 661. The van der Waals surface area contributed by atoms with Crippen molar-refractivity contribution in [3.63, 3.8) is 0 Å². The second kappa shape index (κ2) is 4.98. The summed E-state index contributed by atoms with van der Waals surface area (Å²) in [5.41, 5.74) is 0.321. The molecule has 2 aliphatic carbocycles. The fourth-order valence-electron chi connectivity index (χ4n) is 3.62. The SMILES string of the molecule is Cc1oc(-c2cccs2)nc1C(=O)O[C@H]1C[C@H]2CC[C@H]1C2. The number of thiophene rings is 1. The van der Waals surface area contributed by atoms with Gasteiger partial charge in [0, 0.05) is 0 Å². The van der Waals surface area contributed by atoms with E-state index in [4.69, 9.17) is 9.15 Å². The molecule has 3 atom stereocenters. The number of ether oxygens (including phenoxy) is 1. The number of hydrogen-bond acceptors (Lipinski definition) is 5. The first-order valence-electron chi connectivity index (χ1n) is 7.43. The highest BCUT2D eigenvalue weighted by Crippen LogP contribution is 2.46. The monoisotopic (exact) mass is 303 g/mol. The Labute approximate surface area is 127 Å². The minimum Gasteiger partial charge on any atom is -0.457 e. The standard InChI is InChI=1S/C16H17NO3S/c1-9-14(17-15(19-9)13-3-2-6-21-13)16(18)20-12-8-10-4-5-11(12)7-10/h2-3,6,10-12H,4-5,7-8H2,1H3/t10-,11-,12-/m0/s1. The van der Waals surface area contributed by atoms with Gasteiger partial charge in [-0.3, -0.25) is 0 Å².